The lowest BCUT2D eigenvalue weighted by Crippen LogP contribution is -2.14. The lowest BCUT2D eigenvalue weighted by Gasteiger charge is -2.19. The summed E-state index contributed by atoms with van der Waals surface area (Å²) in [5.41, 5.74) is -1.07. The van der Waals surface area contributed by atoms with Crippen molar-refractivity contribution in [3.63, 3.8) is 0 Å². The zero-order valence-electron chi connectivity index (χ0n) is 20.8. The maximum atomic E-state index is 14.5. The number of H-pyrrole nitrogens is 1. The first-order valence-electron chi connectivity index (χ1n) is 12.2. The average molecular weight is 565 g/mol. The molecule has 6 aromatic rings. The Morgan fingerprint density at radius 1 is 0.854 bits per heavy atom. The molecular weight excluding hydrogens is 548 g/mol. The monoisotopic (exact) mass is 565 g/mol. The number of aromatic nitrogens is 3. The van der Waals surface area contributed by atoms with Gasteiger partial charge >= 0.3 is 6.18 Å². The predicted molar refractivity (Wildman–Crippen MR) is 140 cm³/mol. The summed E-state index contributed by atoms with van der Waals surface area (Å²) in [5.74, 6) is -3.90. The van der Waals surface area contributed by atoms with Gasteiger partial charge in [0.15, 0.2) is 0 Å². The molecule has 0 aliphatic heterocycles. The van der Waals surface area contributed by atoms with Crippen molar-refractivity contribution in [3.8, 4) is 22.6 Å². The molecule has 0 unspecified atom stereocenters. The van der Waals surface area contributed by atoms with E-state index in [0.29, 0.717) is 28.6 Å². The van der Waals surface area contributed by atoms with Crippen LogP contribution in [0.1, 0.15) is 11.1 Å². The van der Waals surface area contributed by atoms with Gasteiger partial charge in [-0.3, -0.25) is 4.79 Å². The van der Waals surface area contributed by atoms with Gasteiger partial charge in [-0.25, -0.2) is 13.2 Å². The second kappa shape index (κ2) is 9.84. The number of benzene rings is 4. The van der Waals surface area contributed by atoms with E-state index in [1.54, 1.807) is 30.5 Å². The van der Waals surface area contributed by atoms with Crippen LogP contribution in [-0.4, -0.2) is 14.5 Å². The van der Waals surface area contributed by atoms with Crippen LogP contribution >= 0.6 is 0 Å². The van der Waals surface area contributed by atoms with E-state index < -0.39 is 52.6 Å². The molecule has 2 aromatic heterocycles. The number of nitrogens with zero attached hydrogens (tertiary/aromatic N) is 2. The molecule has 0 bridgehead atoms. The number of nitrogens with one attached hydrogen (secondary N) is 1. The average Bonchev–Trinajstić information content (AvgIpc) is 3.40. The van der Waals surface area contributed by atoms with Crippen LogP contribution in [0, 0.1) is 17.5 Å². The highest BCUT2D eigenvalue weighted by atomic mass is 19.4. The fourth-order valence-corrected chi connectivity index (χ4v) is 4.85. The third-order valence-corrected chi connectivity index (χ3v) is 6.68. The first-order valence-corrected chi connectivity index (χ1v) is 12.2. The molecule has 0 spiro atoms. The van der Waals surface area contributed by atoms with E-state index in [0.717, 1.165) is 6.33 Å². The molecule has 0 aliphatic rings. The Hall–Kier alpha value is -5.06. The van der Waals surface area contributed by atoms with Crippen LogP contribution in [0.15, 0.2) is 90.1 Å². The van der Waals surface area contributed by atoms with Crippen molar-refractivity contribution in [1.29, 1.82) is 0 Å². The van der Waals surface area contributed by atoms with Gasteiger partial charge in [-0.05, 0) is 47.5 Å². The van der Waals surface area contributed by atoms with Gasteiger partial charge in [-0.2, -0.15) is 18.2 Å². The molecule has 6 rings (SSSR count). The fraction of sp³-hybridized carbons (Fsp3) is 0.0667. The molecule has 0 radical (unpaired) electrons. The SMILES string of the molecule is O=c1ncn(Cc2c(F)cc(F)cc2F)c2ccc(Oc3cccc(-c4cccc5[nH]ccc45)c3C(F)(F)F)cc12. The van der Waals surface area contributed by atoms with Crippen LogP contribution in [0.5, 0.6) is 11.5 Å². The molecule has 2 heterocycles. The highest BCUT2D eigenvalue weighted by molar-refractivity contribution is 5.96. The minimum atomic E-state index is -4.79. The van der Waals surface area contributed by atoms with Crippen molar-refractivity contribution in [3.05, 3.63) is 124 Å². The second-order valence-corrected chi connectivity index (χ2v) is 9.23. The Bertz CT molecular complexity index is 1990. The van der Waals surface area contributed by atoms with Gasteiger partial charge < -0.3 is 14.3 Å². The zero-order chi connectivity index (χ0) is 28.9. The number of alkyl halides is 3. The van der Waals surface area contributed by atoms with Gasteiger partial charge in [0.2, 0.25) is 0 Å². The van der Waals surface area contributed by atoms with Crippen molar-refractivity contribution in [2.75, 3.05) is 0 Å². The number of ether oxygens (including phenoxy) is 1. The van der Waals surface area contributed by atoms with Crippen LogP contribution in [0.4, 0.5) is 26.3 Å². The van der Waals surface area contributed by atoms with E-state index in [2.05, 4.69) is 9.97 Å². The molecule has 0 aliphatic carbocycles. The van der Waals surface area contributed by atoms with Crippen LogP contribution in [0.2, 0.25) is 0 Å². The van der Waals surface area contributed by atoms with Crippen molar-refractivity contribution < 1.29 is 31.1 Å². The Balaban J connectivity index is 1.43. The van der Waals surface area contributed by atoms with E-state index in [1.807, 2.05) is 0 Å². The lowest BCUT2D eigenvalue weighted by atomic mass is 9.96. The molecule has 4 aromatic carbocycles. The normalized spacial score (nSPS) is 11.9. The summed E-state index contributed by atoms with van der Waals surface area (Å²) < 4.78 is 92.2. The van der Waals surface area contributed by atoms with E-state index in [-0.39, 0.29) is 22.2 Å². The van der Waals surface area contributed by atoms with Gasteiger partial charge in [0.1, 0.15) is 34.5 Å². The summed E-state index contributed by atoms with van der Waals surface area (Å²) in [7, 11) is 0. The molecule has 206 valence electrons. The Kier molecular flexibility index (Phi) is 6.29. The Morgan fingerprint density at radius 2 is 1.59 bits per heavy atom. The van der Waals surface area contributed by atoms with E-state index in [9.17, 15) is 31.1 Å². The maximum absolute atomic E-state index is 14.5. The fourth-order valence-electron chi connectivity index (χ4n) is 4.85. The summed E-state index contributed by atoms with van der Waals surface area (Å²) in [5, 5.41) is 0.538. The number of fused-ring (bicyclic) bond motifs is 2. The Labute approximate surface area is 227 Å². The largest absolute Gasteiger partial charge is 0.457 e. The van der Waals surface area contributed by atoms with Crippen LogP contribution in [0.25, 0.3) is 32.9 Å². The summed E-state index contributed by atoms with van der Waals surface area (Å²) >= 11 is 0. The van der Waals surface area contributed by atoms with E-state index in [1.165, 1.54) is 41.0 Å². The highest BCUT2D eigenvalue weighted by Crippen LogP contribution is 2.45. The summed E-state index contributed by atoms with van der Waals surface area (Å²) in [6, 6.07) is 15.6. The number of hydrogen-bond acceptors (Lipinski definition) is 3. The molecule has 0 amide bonds. The number of hydrogen-bond donors (Lipinski definition) is 1. The first kappa shape index (κ1) is 26.2. The molecule has 0 atom stereocenters. The molecule has 1 N–H and O–H groups in total. The molecular formula is C30H17F6N3O2. The zero-order valence-corrected chi connectivity index (χ0v) is 20.8. The Morgan fingerprint density at radius 3 is 2.34 bits per heavy atom. The van der Waals surface area contributed by atoms with Crippen LogP contribution in [-0.2, 0) is 12.7 Å². The van der Waals surface area contributed by atoms with Crippen LogP contribution in [0.3, 0.4) is 0 Å². The van der Waals surface area contributed by atoms with Crippen LogP contribution < -0.4 is 10.3 Å². The lowest BCUT2D eigenvalue weighted by molar-refractivity contribution is -0.138. The third-order valence-electron chi connectivity index (χ3n) is 6.68. The molecule has 0 saturated carbocycles. The van der Waals surface area contributed by atoms with Gasteiger partial charge in [0.05, 0.1) is 23.8 Å². The van der Waals surface area contributed by atoms with Crippen molar-refractivity contribution in [2.24, 2.45) is 0 Å². The molecule has 0 fully saturated rings. The van der Waals surface area contributed by atoms with E-state index in [4.69, 9.17) is 4.74 Å². The standard InChI is InChI=1S/C30H17F6N3O2/c31-16-11-23(32)22(24(33)12-16)14-39-15-38-29(40)21-13-17(7-8-26(21)39)41-27-6-2-4-20(28(27)30(34,35)36)18-3-1-5-25-19(18)9-10-37-25/h1-13,15,37H,14H2. The minimum Gasteiger partial charge on any atom is -0.457 e. The van der Waals surface area contributed by atoms with Crippen molar-refractivity contribution in [1.82, 2.24) is 14.5 Å². The van der Waals surface area contributed by atoms with Gasteiger partial charge in [0.25, 0.3) is 5.56 Å². The molecule has 5 nitrogen and oxygen atoms in total. The second-order valence-electron chi connectivity index (χ2n) is 9.23. The van der Waals surface area contributed by atoms with Crippen molar-refractivity contribution >= 4 is 21.8 Å². The van der Waals surface area contributed by atoms with Crippen molar-refractivity contribution in [2.45, 2.75) is 12.7 Å². The van der Waals surface area contributed by atoms with E-state index >= 15 is 0 Å². The number of halogens is 6. The smallest absolute Gasteiger partial charge is 0.420 e. The highest BCUT2D eigenvalue weighted by Gasteiger charge is 2.38. The summed E-state index contributed by atoms with van der Waals surface area (Å²) in [6.45, 7) is -0.424. The first-order chi connectivity index (χ1) is 19.6. The number of aromatic amines is 1. The molecule has 11 heteroatoms. The third kappa shape index (κ3) is 4.79. The quantitative estimate of drug-likeness (QED) is 0.217. The van der Waals surface area contributed by atoms with Gasteiger partial charge in [-0.15, -0.1) is 0 Å². The van der Waals surface area contributed by atoms with Gasteiger partial charge in [-0.1, -0.05) is 24.3 Å². The molecule has 0 saturated heterocycles. The summed E-state index contributed by atoms with van der Waals surface area (Å²) in [6.07, 6.45) is -2.09. The summed E-state index contributed by atoms with van der Waals surface area (Å²) in [4.78, 5) is 19.3. The number of rotatable bonds is 5. The predicted octanol–water partition coefficient (Wildman–Crippen LogP) is 7.82. The minimum absolute atomic E-state index is 0.0604. The maximum Gasteiger partial charge on any atom is 0.420 e. The topological polar surface area (TPSA) is 59.9 Å². The van der Waals surface area contributed by atoms with Gasteiger partial charge in [0, 0.05) is 34.8 Å². The molecule has 41 heavy (non-hydrogen) atoms.